The van der Waals surface area contributed by atoms with E-state index in [0.717, 1.165) is 31.3 Å². The first-order valence-electron chi connectivity index (χ1n) is 8.77. The molecule has 1 aliphatic rings. The number of ether oxygens (including phenoxy) is 1. The molecular weight excluding hydrogens is 411 g/mol. The third-order valence-corrected chi connectivity index (χ3v) is 5.00. The van der Waals surface area contributed by atoms with Gasteiger partial charge >= 0.3 is 6.18 Å². The van der Waals surface area contributed by atoms with Crippen LogP contribution in [0.25, 0.3) is 11.2 Å². The van der Waals surface area contributed by atoms with Crippen LogP contribution in [0.4, 0.5) is 19.1 Å². The number of halogens is 4. The maximum Gasteiger partial charge on any atom is 0.416 e. The Morgan fingerprint density at radius 1 is 1.28 bits per heavy atom. The number of pyridine rings is 1. The number of fused-ring (bicyclic) bond motifs is 1. The Kier molecular flexibility index (Phi) is 5.01. The van der Waals surface area contributed by atoms with E-state index in [0.29, 0.717) is 17.0 Å². The van der Waals surface area contributed by atoms with Gasteiger partial charge < -0.3 is 20.9 Å². The van der Waals surface area contributed by atoms with Crippen LogP contribution in [-0.4, -0.2) is 38.8 Å². The van der Waals surface area contributed by atoms with Crippen molar-refractivity contribution < 1.29 is 23.0 Å². The fourth-order valence-electron chi connectivity index (χ4n) is 3.01. The largest absolute Gasteiger partial charge is 0.472 e. The summed E-state index contributed by atoms with van der Waals surface area (Å²) in [6.45, 7) is 1.37. The van der Waals surface area contributed by atoms with Crippen molar-refractivity contribution in [3.05, 3.63) is 46.5 Å². The van der Waals surface area contributed by atoms with Crippen molar-refractivity contribution in [2.75, 3.05) is 18.8 Å². The molecule has 154 valence electrons. The lowest BCUT2D eigenvalue weighted by atomic mass is 10.1. The van der Waals surface area contributed by atoms with Crippen molar-refractivity contribution in [1.29, 1.82) is 0 Å². The zero-order valence-electron chi connectivity index (χ0n) is 14.9. The Bertz CT molecular complexity index is 1050. The molecule has 1 fully saturated rings. The molecule has 0 spiro atoms. The summed E-state index contributed by atoms with van der Waals surface area (Å²) in [5.74, 6) is 0.504. The smallest absolute Gasteiger partial charge is 0.416 e. The summed E-state index contributed by atoms with van der Waals surface area (Å²) in [5, 5.41) is 13.5. The summed E-state index contributed by atoms with van der Waals surface area (Å²) in [6.07, 6.45) is -5.70. The molecule has 29 heavy (non-hydrogen) atoms. The molecule has 4 N–H and O–H groups in total. The van der Waals surface area contributed by atoms with E-state index in [2.05, 4.69) is 15.3 Å². The number of anilines is 1. The highest BCUT2D eigenvalue weighted by molar-refractivity contribution is 6.31. The standard InChI is InChI=1S/C18H17ClF3N5O2/c19-12-5-9(18(20,21)22)1-2-11(12)14(28)8-27-16-13(25-17(27)23)3-4-15(26-16)29-10-6-24-7-10/h1-5,10,14,24,28H,6-8H2,(H2,23,25). The molecule has 0 radical (unpaired) electrons. The van der Waals surface area contributed by atoms with Gasteiger partial charge in [-0.25, -0.2) is 4.98 Å². The lowest BCUT2D eigenvalue weighted by Gasteiger charge is -2.27. The highest BCUT2D eigenvalue weighted by Gasteiger charge is 2.31. The Hall–Kier alpha value is -2.56. The van der Waals surface area contributed by atoms with E-state index in [1.54, 1.807) is 12.1 Å². The normalized spacial score (nSPS) is 16.0. The number of nitrogens with zero attached hydrogens (tertiary/aromatic N) is 3. The first-order valence-corrected chi connectivity index (χ1v) is 9.15. The lowest BCUT2D eigenvalue weighted by molar-refractivity contribution is -0.137. The molecule has 3 heterocycles. The molecule has 1 aliphatic heterocycles. The quantitative estimate of drug-likeness (QED) is 0.579. The number of nitrogen functional groups attached to an aromatic ring is 1. The van der Waals surface area contributed by atoms with Crippen LogP contribution in [0.5, 0.6) is 5.88 Å². The summed E-state index contributed by atoms with van der Waals surface area (Å²) in [4.78, 5) is 8.61. The molecule has 0 saturated carbocycles. The van der Waals surface area contributed by atoms with Crippen molar-refractivity contribution in [3.8, 4) is 5.88 Å². The second-order valence-electron chi connectivity index (χ2n) is 6.72. The average molecular weight is 428 g/mol. The number of hydrogen-bond donors (Lipinski definition) is 3. The van der Waals surface area contributed by atoms with Crippen LogP contribution < -0.4 is 15.8 Å². The molecule has 7 nitrogen and oxygen atoms in total. The zero-order valence-corrected chi connectivity index (χ0v) is 15.7. The molecule has 0 aliphatic carbocycles. The number of benzene rings is 1. The molecule has 11 heteroatoms. The number of nitrogens with two attached hydrogens (primary N) is 1. The number of nitrogens with one attached hydrogen (secondary N) is 1. The topological polar surface area (TPSA) is 98.2 Å². The van der Waals surface area contributed by atoms with Crippen LogP contribution in [-0.2, 0) is 12.7 Å². The van der Waals surface area contributed by atoms with Gasteiger partial charge in [0.15, 0.2) is 5.65 Å². The van der Waals surface area contributed by atoms with Gasteiger partial charge in [0.05, 0.1) is 18.2 Å². The summed E-state index contributed by atoms with van der Waals surface area (Å²) in [5.41, 5.74) is 6.12. The van der Waals surface area contributed by atoms with Crippen LogP contribution in [0.15, 0.2) is 30.3 Å². The number of alkyl halides is 3. The van der Waals surface area contributed by atoms with Gasteiger partial charge in [-0.3, -0.25) is 4.57 Å². The molecule has 1 aromatic carbocycles. The minimum absolute atomic E-state index is 0.0326. The lowest BCUT2D eigenvalue weighted by Crippen LogP contribution is -2.50. The SMILES string of the molecule is Nc1nc2ccc(OC3CNC3)nc2n1CC(O)c1ccc(C(F)(F)F)cc1Cl. The number of aliphatic hydroxyl groups excluding tert-OH is 1. The fraction of sp³-hybridized carbons (Fsp3) is 0.333. The molecule has 3 aromatic rings. The first kappa shape index (κ1) is 19.7. The van der Waals surface area contributed by atoms with Crippen LogP contribution in [0.2, 0.25) is 5.02 Å². The molecule has 1 unspecified atom stereocenters. The second kappa shape index (κ2) is 7.36. The van der Waals surface area contributed by atoms with Crippen LogP contribution >= 0.6 is 11.6 Å². The number of rotatable bonds is 5. The number of imidazole rings is 1. The first-order chi connectivity index (χ1) is 13.7. The van der Waals surface area contributed by atoms with E-state index in [9.17, 15) is 18.3 Å². The molecule has 0 bridgehead atoms. The second-order valence-corrected chi connectivity index (χ2v) is 7.13. The van der Waals surface area contributed by atoms with E-state index in [4.69, 9.17) is 22.1 Å². The van der Waals surface area contributed by atoms with E-state index in [-0.39, 0.29) is 29.2 Å². The van der Waals surface area contributed by atoms with Gasteiger partial charge in [-0.1, -0.05) is 17.7 Å². The van der Waals surface area contributed by atoms with E-state index < -0.39 is 17.8 Å². The molecule has 2 aromatic heterocycles. The maximum atomic E-state index is 12.8. The van der Waals surface area contributed by atoms with Gasteiger partial charge in [0.2, 0.25) is 11.8 Å². The predicted octanol–water partition coefficient (Wildman–Crippen LogP) is 2.77. The van der Waals surface area contributed by atoms with Crippen molar-refractivity contribution in [3.63, 3.8) is 0 Å². The molecule has 1 atom stereocenters. The van der Waals surface area contributed by atoms with Crippen LogP contribution in [0.3, 0.4) is 0 Å². The van der Waals surface area contributed by atoms with Crippen molar-refractivity contribution in [2.24, 2.45) is 0 Å². The highest BCUT2D eigenvalue weighted by Crippen LogP contribution is 2.34. The Morgan fingerprint density at radius 2 is 2.03 bits per heavy atom. The van der Waals surface area contributed by atoms with E-state index in [1.165, 1.54) is 4.57 Å². The zero-order chi connectivity index (χ0) is 20.8. The van der Waals surface area contributed by atoms with Gasteiger partial charge in [-0.2, -0.15) is 18.2 Å². The molecule has 1 saturated heterocycles. The minimum atomic E-state index is -4.52. The maximum absolute atomic E-state index is 12.8. The highest BCUT2D eigenvalue weighted by atomic mass is 35.5. The molecular formula is C18H17ClF3N5O2. The van der Waals surface area contributed by atoms with E-state index in [1.807, 2.05) is 0 Å². The monoisotopic (exact) mass is 427 g/mol. The van der Waals surface area contributed by atoms with Crippen LogP contribution in [0.1, 0.15) is 17.2 Å². The number of aliphatic hydroxyl groups is 1. The van der Waals surface area contributed by atoms with Crippen molar-refractivity contribution in [1.82, 2.24) is 19.9 Å². The van der Waals surface area contributed by atoms with Gasteiger partial charge in [-0.15, -0.1) is 0 Å². The van der Waals surface area contributed by atoms with Gasteiger partial charge in [0.1, 0.15) is 11.6 Å². The Labute approximate surface area is 168 Å². The van der Waals surface area contributed by atoms with E-state index >= 15 is 0 Å². The van der Waals surface area contributed by atoms with Gasteiger partial charge in [0, 0.05) is 29.7 Å². The van der Waals surface area contributed by atoms with Gasteiger partial charge in [-0.05, 0) is 18.2 Å². The fourth-order valence-corrected chi connectivity index (χ4v) is 3.32. The van der Waals surface area contributed by atoms with Crippen LogP contribution in [0, 0.1) is 0 Å². The third-order valence-electron chi connectivity index (χ3n) is 4.67. The average Bonchev–Trinajstić information content (AvgIpc) is 2.92. The Morgan fingerprint density at radius 3 is 2.66 bits per heavy atom. The summed E-state index contributed by atoms with van der Waals surface area (Å²) < 4.78 is 45.7. The summed E-state index contributed by atoms with van der Waals surface area (Å²) in [7, 11) is 0. The summed E-state index contributed by atoms with van der Waals surface area (Å²) in [6, 6.07) is 6.19. The van der Waals surface area contributed by atoms with Crippen molar-refractivity contribution >= 4 is 28.7 Å². The predicted molar refractivity (Wildman–Crippen MR) is 101 cm³/mol. The third kappa shape index (κ3) is 3.96. The number of aromatic nitrogens is 3. The van der Waals surface area contributed by atoms with Crippen molar-refractivity contribution in [2.45, 2.75) is 24.9 Å². The number of hydrogen-bond acceptors (Lipinski definition) is 6. The molecule has 4 rings (SSSR count). The Balaban J connectivity index is 1.61. The summed E-state index contributed by atoms with van der Waals surface area (Å²) >= 11 is 5.98. The minimum Gasteiger partial charge on any atom is -0.472 e. The molecule has 0 amide bonds. The van der Waals surface area contributed by atoms with Gasteiger partial charge in [0.25, 0.3) is 0 Å².